The molecule has 12 heavy (non-hydrogen) atoms. The first-order chi connectivity index (χ1) is 5.81. The summed E-state index contributed by atoms with van der Waals surface area (Å²) in [6, 6.07) is 0. The van der Waals surface area contributed by atoms with Crippen LogP contribution in [0, 0.1) is 0 Å². The highest BCUT2D eigenvalue weighted by atomic mass is 35.5. The fourth-order valence-corrected chi connectivity index (χ4v) is 1.08. The Bertz CT molecular complexity index is 460. The summed E-state index contributed by atoms with van der Waals surface area (Å²) >= 11 is 5.50. The second-order valence-corrected chi connectivity index (χ2v) is 2.51. The van der Waals surface area contributed by atoms with Crippen molar-refractivity contribution in [2.75, 3.05) is 0 Å². The van der Waals surface area contributed by atoms with Gasteiger partial charge in [-0.05, 0) is 0 Å². The molecule has 2 aromatic heterocycles. The summed E-state index contributed by atoms with van der Waals surface area (Å²) < 4.78 is 0. The SMILES string of the molecule is O=c1[nH]c(CCl)nc2nc[nH]c12. The number of halogens is 1. The molecule has 2 heterocycles. The summed E-state index contributed by atoms with van der Waals surface area (Å²) in [4.78, 5) is 24.2. The summed E-state index contributed by atoms with van der Waals surface area (Å²) in [6.45, 7) is 0. The fraction of sp³-hybridized carbons (Fsp3) is 0.167. The highest BCUT2D eigenvalue weighted by Gasteiger charge is 2.03. The Morgan fingerprint density at radius 2 is 2.42 bits per heavy atom. The van der Waals surface area contributed by atoms with Gasteiger partial charge in [-0.3, -0.25) is 4.79 Å². The third kappa shape index (κ3) is 0.984. The number of hydrogen-bond acceptors (Lipinski definition) is 3. The maximum Gasteiger partial charge on any atom is 0.276 e. The molecule has 0 saturated heterocycles. The fourth-order valence-electron chi connectivity index (χ4n) is 0.952. The molecule has 2 aromatic rings. The average Bonchev–Trinajstić information content (AvgIpc) is 2.52. The van der Waals surface area contributed by atoms with Crippen molar-refractivity contribution in [1.82, 2.24) is 19.9 Å². The Morgan fingerprint density at radius 3 is 3.17 bits per heavy atom. The lowest BCUT2D eigenvalue weighted by Gasteiger charge is -1.92. The van der Waals surface area contributed by atoms with Crippen LogP contribution in [0.2, 0.25) is 0 Å². The van der Waals surface area contributed by atoms with Crippen LogP contribution in [0.3, 0.4) is 0 Å². The van der Waals surface area contributed by atoms with Crippen molar-refractivity contribution in [1.29, 1.82) is 0 Å². The number of H-pyrrole nitrogens is 2. The lowest BCUT2D eigenvalue weighted by molar-refractivity contribution is 1.03. The minimum absolute atomic E-state index is 0.179. The Kier molecular flexibility index (Phi) is 1.58. The first-order valence-corrected chi connectivity index (χ1v) is 3.83. The number of fused-ring (bicyclic) bond motifs is 1. The summed E-state index contributed by atoms with van der Waals surface area (Å²) in [6.07, 6.45) is 1.42. The first kappa shape index (κ1) is 7.30. The quantitative estimate of drug-likeness (QED) is 0.630. The molecule has 0 aliphatic rings. The molecule has 0 unspecified atom stereocenters. The van der Waals surface area contributed by atoms with Crippen molar-refractivity contribution < 1.29 is 0 Å². The predicted octanol–water partition coefficient (Wildman–Crippen LogP) is 0.385. The molecular formula is C6H5ClN4O. The monoisotopic (exact) mass is 184 g/mol. The number of aromatic amines is 2. The smallest absolute Gasteiger partial charge is 0.276 e. The van der Waals surface area contributed by atoms with Crippen LogP contribution in [0.1, 0.15) is 5.82 Å². The second-order valence-electron chi connectivity index (χ2n) is 2.25. The van der Waals surface area contributed by atoms with E-state index < -0.39 is 0 Å². The van der Waals surface area contributed by atoms with E-state index in [-0.39, 0.29) is 11.4 Å². The molecule has 0 amide bonds. The zero-order valence-corrected chi connectivity index (χ0v) is 6.72. The van der Waals surface area contributed by atoms with E-state index in [1.165, 1.54) is 6.33 Å². The van der Waals surface area contributed by atoms with Gasteiger partial charge in [-0.2, -0.15) is 0 Å². The topological polar surface area (TPSA) is 74.4 Å². The number of rotatable bonds is 1. The molecule has 0 radical (unpaired) electrons. The predicted molar refractivity (Wildman–Crippen MR) is 44.1 cm³/mol. The van der Waals surface area contributed by atoms with Gasteiger partial charge in [0.2, 0.25) is 0 Å². The van der Waals surface area contributed by atoms with Crippen LogP contribution < -0.4 is 5.56 Å². The zero-order valence-electron chi connectivity index (χ0n) is 5.97. The standard InChI is InChI=1S/C6H5ClN4O/c7-1-3-10-5-4(6(12)11-3)8-2-9-5/h2H,1H2,(H2,8,9,10,11,12). The lowest BCUT2D eigenvalue weighted by atomic mass is 10.5. The number of nitrogens with one attached hydrogen (secondary N) is 2. The number of imidazole rings is 1. The highest BCUT2D eigenvalue weighted by Crippen LogP contribution is 2.00. The Morgan fingerprint density at radius 1 is 1.58 bits per heavy atom. The van der Waals surface area contributed by atoms with Crippen molar-refractivity contribution in [2.45, 2.75) is 5.88 Å². The maximum absolute atomic E-state index is 11.2. The molecule has 0 atom stereocenters. The van der Waals surface area contributed by atoms with E-state index >= 15 is 0 Å². The van der Waals surface area contributed by atoms with Gasteiger partial charge in [0.15, 0.2) is 11.2 Å². The number of alkyl halides is 1. The normalized spacial score (nSPS) is 10.8. The van der Waals surface area contributed by atoms with E-state index in [4.69, 9.17) is 11.6 Å². The lowest BCUT2D eigenvalue weighted by Crippen LogP contribution is -2.10. The van der Waals surface area contributed by atoms with Gasteiger partial charge in [0, 0.05) is 0 Å². The highest BCUT2D eigenvalue weighted by molar-refractivity contribution is 6.16. The molecule has 5 nitrogen and oxygen atoms in total. The molecule has 62 valence electrons. The van der Waals surface area contributed by atoms with Crippen molar-refractivity contribution >= 4 is 22.8 Å². The Labute approximate surface area is 71.8 Å². The molecule has 0 bridgehead atoms. The third-order valence-electron chi connectivity index (χ3n) is 1.47. The summed E-state index contributed by atoms with van der Waals surface area (Å²) in [7, 11) is 0. The van der Waals surface area contributed by atoms with Gasteiger partial charge in [0.1, 0.15) is 5.82 Å². The van der Waals surface area contributed by atoms with E-state index in [1.807, 2.05) is 0 Å². The number of aromatic nitrogens is 4. The molecule has 0 fully saturated rings. The molecule has 0 aliphatic heterocycles. The van der Waals surface area contributed by atoms with Gasteiger partial charge in [0.25, 0.3) is 5.56 Å². The molecule has 2 rings (SSSR count). The van der Waals surface area contributed by atoms with E-state index in [9.17, 15) is 4.79 Å². The van der Waals surface area contributed by atoms with E-state index in [0.717, 1.165) is 0 Å². The Hall–Kier alpha value is -1.36. The van der Waals surface area contributed by atoms with Crippen LogP contribution in [-0.4, -0.2) is 19.9 Å². The molecule has 0 aliphatic carbocycles. The van der Waals surface area contributed by atoms with Gasteiger partial charge in [-0.25, -0.2) is 9.97 Å². The van der Waals surface area contributed by atoms with Crippen molar-refractivity contribution in [2.24, 2.45) is 0 Å². The Balaban J connectivity index is 2.84. The summed E-state index contributed by atoms with van der Waals surface area (Å²) in [5, 5.41) is 0. The van der Waals surface area contributed by atoms with E-state index in [0.29, 0.717) is 17.0 Å². The first-order valence-electron chi connectivity index (χ1n) is 3.29. The third-order valence-corrected chi connectivity index (χ3v) is 1.72. The second kappa shape index (κ2) is 2.60. The van der Waals surface area contributed by atoms with E-state index in [1.54, 1.807) is 0 Å². The zero-order chi connectivity index (χ0) is 8.55. The van der Waals surface area contributed by atoms with Crippen LogP contribution in [0.5, 0.6) is 0 Å². The molecule has 2 N–H and O–H groups in total. The minimum atomic E-state index is -0.242. The minimum Gasteiger partial charge on any atom is -0.339 e. The van der Waals surface area contributed by atoms with Crippen LogP contribution >= 0.6 is 11.6 Å². The summed E-state index contributed by atoms with van der Waals surface area (Å²) in [5.74, 6) is 0.610. The van der Waals surface area contributed by atoms with Crippen molar-refractivity contribution in [3.05, 3.63) is 22.5 Å². The van der Waals surface area contributed by atoms with Gasteiger partial charge >= 0.3 is 0 Å². The molecule has 0 saturated carbocycles. The van der Waals surface area contributed by atoms with Crippen molar-refractivity contribution in [3.63, 3.8) is 0 Å². The van der Waals surface area contributed by atoms with Gasteiger partial charge in [-0.1, -0.05) is 0 Å². The van der Waals surface area contributed by atoms with Crippen LogP contribution in [0.4, 0.5) is 0 Å². The van der Waals surface area contributed by atoms with E-state index in [2.05, 4.69) is 19.9 Å². The molecule has 6 heteroatoms. The van der Waals surface area contributed by atoms with Crippen LogP contribution in [0.25, 0.3) is 11.2 Å². The summed E-state index contributed by atoms with van der Waals surface area (Å²) in [5.41, 5.74) is 0.534. The molecular weight excluding hydrogens is 180 g/mol. The molecule has 0 aromatic carbocycles. The molecule has 0 spiro atoms. The largest absolute Gasteiger partial charge is 0.339 e. The number of hydrogen-bond donors (Lipinski definition) is 2. The van der Waals surface area contributed by atoms with Gasteiger partial charge in [-0.15, -0.1) is 11.6 Å². The van der Waals surface area contributed by atoms with Gasteiger partial charge < -0.3 is 9.97 Å². The van der Waals surface area contributed by atoms with Crippen molar-refractivity contribution in [3.8, 4) is 0 Å². The number of nitrogens with zero attached hydrogens (tertiary/aromatic N) is 2. The maximum atomic E-state index is 11.2. The van der Waals surface area contributed by atoms with Crippen LogP contribution in [0.15, 0.2) is 11.1 Å². The average molecular weight is 185 g/mol. The van der Waals surface area contributed by atoms with Gasteiger partial charge in [0.05, 0.1) is 12.2 Å². The van der Waals surface area contributed by atoms with Crippen LogP contribution in [-0.2, 0) is 5.88 Å².